The van der Waals surface area contributed by atoms with Crippen LogP contribution in [0.5, 0.6) is 5.75 Å². The Balaban J connectivity index is 2.40. The molecule has 0 saturated carbocycles. The van der Waals surface area contributed by atoms with Crippen LogP contribution in [0.25, 0.3) is 0 Å². The lowest BCUT2D eigenvalue weighted by Gasteiger charge is -2.11. The summed E-state index contributed by atoms with van der Waals surface area (Å²) in [5.74, 6) is 0.346. The monoisotopic (exact) mass is 323 g/mol. The van der Waals surface area contributed by atoms with Crippen LogP contribution in [0.3, 0.4) is 0 Å². The number of para-hydroxylation sites is 1. The SMILES string of the molecule is CCCOc1ccccc1C(=O)c1cc(Cl)c(N)c(Cl)c1. The van der Waals surface area contributed by atoms with Crippen LogP contribution >= 0.6 is 23.2 Å². The molecule has 0 radical (unpaired) electrons. The third kappa shape index (κ3) is 3.49. The van der Waals surface area contributed by atoms with Crippen molar-refractivity contribution in [1.29, 1.82) is 0 Å². The number of hydrogen-bond acceptors (Lipinski definition) is 3. The van der Waals surface area contributed by atoms with Crippen molar-refractivity contribution >= 4 is 34.7 Å². The molecule has 0 aliphatic carbocycles. The number of rotatable bonds is 5. The Morgan fingerprint density at radius 1 is 1.19 bits per heavy atom. The number of anilines is 1. The zero-order valence-electron chi connectivity index (χ0n) is 11.5. The van der Waals surface area contributed by atoms with Crippen LogP contribution in [0.15, 0.2) is 36.4 Å². The van der Waals surface area contributed by atoms with Gasteiger partial charge in [-0.25, -0.2) is 0 Å². The van der Waals surface area contributed by atoms with Crippen molar-refractivity contribution in [2.75, 3.05) is 12.3 Å². The normalized spacial score (nSPS) is 10.4. The lowest BCUT2D eigenvalue weighted by Crippen LogP contribution is -2.06. The van der Waals surface area contributed by atoms with Crippen LogP contribution < -0.4 is 10.5 Å². The molecule has 0 saturated heterocycles. The van der Waals surface area contributed by atoms with E-state index in [2.05, 4.69) is 0 Å². The van der Waals surface area contributed by atoms with E-state index in [1.54, 1.807) is 18.2 Å². The van der Waals surface area contributed by atoms with Gasteiger partial charge in [-0.2, -0.15) is 0 Å². The summed E-state index contributed by atoms with van der Waals surface area (Å²) in [7, 11) is 0. The quantitative estimate of drug-likeness (QED) is 0.646. The molecule has 0 aliphatic rings. The van der Waals surface area contributed by atoms with E-state index in [-0.39, 0.29) is 21.5 Å². The van der Waals surface area contributed by atoms with E-state index in [0.29, 0.717) is 23.5 Å². The van der Waals surface area contributed by atoms with Crippen LogP contribution in [-0.4, -0.2) is 12.4 Å². The topological polar surface area (TPSA) is 52.3 Å². The van der Waals surface area contributed by atoms with Crippen molar-refractivity contribution in [3.8, 4) is 5.75 Å². The second-order valence-corrected chi connectivity index (χ2v) is 5.34. The first-order chi connectivity index (χ1) is 10.0. The maximum absolute atomic E-state index is 12.6. The zero-order chi connectivity index (χ0) is 15.4. The van der Waals surface area contributed by atoms with Gasteiger partial charge in [0, 0.05) is 5.56 Å². The first kappa shape index (κ1) is 15.7. The molecular weight excluding hydrogens is 309 g/mol. The highest BCUT2D eigenvalue weighted by atomic mass is 35.5. The molecule has 21 heavy (non-hydrogen) atoms. The van der Waals surface area contributed by atoms with Gasteiger partial charge in [0.25, 0.3) is 0 Å². The molecule has 2 aromatic rings. The predicted molar refractivity (Wildman–Crippen MR) is 86.5 cm³/mol. The average Bonchev–Trinajstić information content (AvgIpc) is 2.49. The van der Waals surface area contributed by atoms with Crippen LogP contribution in [0, 0.1) is 0 Å². The van der Waals surface area contributed by atoms with Gasteiger partial charge in [0.2, 0.25) is 0 Å². The molecule has 0 atom stereocenters. The van der Waals surface area contributed by atoms with E-state index in [4.69, 9.17) is 33.7 Å². The summed E-state index contributed by atoms with van der Waals surface area (Å²) >= 11 is 12.0. The van der Waals surface area contributed by atoms with E-state index in [1.807, 2.05) is 13.0 Å². The third-order valence-electron chi connectivity index (χ3n) is 2.93. The van der Waals surface area contributed by atoms with Gasteiger partial charge in [-0.05, 0) is 30.7 Å². The molecule has 0 bridgehead atoms. The standard InChI is InChI=1S/C16H15Cl2NO2/c1-2-7-21-14-6-4-3-5-11(14)16(20)10-8-12(17)15(19)13(18)9-10/h3-6,8-9H,2,7,19H2,1H3. The van der Waals surface area contributed by atoms with Crippen molar-refractivity contribution in [3.63, 3.8) is 0 Å². The highest BCUT2D eigenvalue weighted by Gasteiger charge is 2.17. The number of carbonyl (C=O) groups is 1. The van der Waals surface area contributed by atoms with Crippen LogP contribution in [0.2, 0.25) is 10.0 Å². The Labute approximate surface area is 133 Å². The third-order valence-corrected chi connectivity index (χ3v) is 3.56. The van der Waals surface area contributed by atoms with Crippen LogP contribution in [0.1, 0.15) is 29.3 Å². The Morgan fingerprint density at radius 3 is 2.43 bits per heavy atom. The summed E-state index contributed by atoms with van der Waals surface area (Å²) in [6.45, 7) is 2.55. The summed E-state index contributed by atoms with van der Waals surface area (Å²) in [6, 6.07) is 10.1. The fourth-order valence-corrected chi connectivity index (χ4v) is 2.35. The van der Waals surface area contributed by atoms with Crippen molar-refractivity contribution in [2.24, 2.45) is 0 Å². The molecule has 0 aliphatic heterocycles. The molecular formula is C16H15Cl2NO2. The molecule has 0 spiro atoms. The number of hydrogen-bond donors (Lipinski definition) is 1. The molecule has 3 nitrogen and oxygen atoms in total. The number of ether oxygens (including phenoxy) is 1. The number of carbonyl (C=O) groups excluding carboxylic acids is 1. The smallest absolute Gasteiger partial charge is 0.196 e. The molecule has 2 N–H and O–H groups in total. The number of halogens is 2. The second-order valence-electron chi connectivity index (χ2n) is 4.53. The van der Waals surface area contributed by atoms with Gasteiger partial charge >= 0.3 is 0 Å². The highest BCUT2D eigenvalue weighted by molar-refractivity contribution is 6.39. The Bertz CT molecular complexity index is 648. The summed E-state index contributed by atoms with van der Waals surface area (Å²) in [5, 5.41) is 0.524. The molecule has 0 fully saturated rings. The molecule has 0 amide bonds. The molecule has 0 heterocycles. The molecule has 0 aromatic heterocycles. The predicted octanol–water partition coefficient (Wildman–Crippen LogP) is 4.60. The minimum Gasteiger partial charge on any atom is -0.493 e. The Hall–Kier alpha value is -1.71. The van der Waals surface area contributed by atoms with Crippen molar-refractivity contribution < 1.29 is 9.53 Å². The molecule has 5 heteroatoms. The maximum Gasteiger partial charge on any atom is 0.196 e. The average molecular weight is 324 g/mol. The van der Waals surface area contributed by atoms with Crippen molar-refractivity contribution in [3.05, 3.63) is 57.6 Å². The van der Waals surface area contributed by atoms with Gasteiger partial charge in [0.1, 0.15) is 5.75 Å². The Morgan fingerprint density at radius 2 is 1.81 bits per heavy atom. The number of benzene rings is 2. The maximum atomic E-state index is 12.6. The summed E-state index contributed by atoms with van der Waals surface area (Å²) < 4.78 is 5.60. The first-order valence-corrected chi connectivity index (χ1v) is 7.31. The van der Waals surface area contributed by atoms with Gasteiger partial charge in [-0.15, -0.1) is 0 Å². The van der Waals surface area contributed by atoms with Gasteiger partial charge < -0.3 is 10.5 Å². The summed E-state index contributed by atoms with van der Waals surface area (Å²) in [6.07, 6.45) is 0.863. The lowest BCUT2D eigenvalue weighted by atomic mass is 10.0. The van der Waals surface area contributed by atoms with Crippen molar-refractivity contribution in [2.45, 2.75) is 13.3 Å². The van der Waals surface area contributed by atoms with E-state index < -0.39 is 0 Å². The van der Waals surface area contributed by atoms with E-state index in [1.165, 1.54) is 12.1 Å². The number of ketones is 1. The fourth-order valence-electron chi connectivity index (χ4n) is 1.86. The van der Waals surface area contributed by atoms with Crippen molar-refractivity contribution in [1.82, 2.24) is 0 Å². The van der Waals surface area contributed by atoms with E-state index in [9.17, 15) is 4.79 Å². The number of nitrogens with two attached hydrogens (primary N) is 1. The van der Waals surface area contributed by atoms with Gasteiger partial charge in [0.05, 0.1) is 27.9 Å². The molecule has 2 aromatic carbocycles. The minimum absolute atomic E-state index is 0.203. The molecule has 110 valence electrons. The molecule has 0 unspecified atom stereocenters. The van der Waals surface area contributed by atoms with Crippen LogP contribution in [0.4, 0.5) is 5.69 Å². The highest BCUT2D eigenvalue weighted by Crippen LogP contribution is 2.31. The first-order valence-electron chi connectivity index (χ1n) is 6.55. The van der Waals surface area contributed by atoms with Gasteiger partial charge in [0.15, 0.2) is 5.78 Å². The zero-order valence-corrected chi connectivity index (χ0v) is 13.0. The lowest BCUT2D eigenvalue weighted by molar-refractivity contribution is 0.103. The van der Waals surface area contributed by atoms with E-state index in [0.717, 1.165) is 6.42 Å². The fraction of sp³-hybridized carbons (Fsp3) is 0.188. The van der Waals surface area contributed by atoms with Crippen LogP contribution in [-0.2, 0) is 0 Å². The summed E-state index contributed by atoms with van der Waals surface area (Å²) in [4.78, 5) is 12.6. The minimum atomic E-state index is -0.203. The van der Waals surface area contributed by atoms with Gasteiger partial charge in [-0.3, -0.25) is 4.79 Å². The largest absolute Gasteiger partial charge is 0.493 e. The van der Waals surface area contributed by atoms with Gasteiger partial charge in [-0.1, -0.05) is 42.3 Å². The number of nitrogen functional groups attached to an aromatic ring is 1. The van der Waals surface area contributed by atoms with E-state index >= 15 is 0 Å². The summed E-state index contributed by atoms with van der Waals surface area (Å²) in [5.41, 5.74) is 6.81. The Kier molecular flexibility index (Phi) is 5.10. The molecule has 2 rings (SSSR count). The second kappa shape index (κ2) is 6.83.